The molecule has 1 nitrogen and oxygen atoms in total. The van der Waals surface area contributed by atoms with Crippen LogP contribution in [0.1, 0.15) is 24.1 Å². The van der Waals surface area contributed by atoms with Crippen LogP contribution in [-0.2, 0) is 0 Å². The Kier molecular flexibility index (Phi) is 4.83. The minimum absolute atomic E-state index is 0.0679. The van der Waals surface area contributed by atoms with Gasteiger partial charge >= 0.3 is 0 Å². The van der Waals surface area contributed by atoms with Crippen molar-refractivity contribution in [2.75, 3.05) is 6.54 Å². The van der Waals surface area contributed by atoms with E-state index in [9.17, 15) is 13.2 Å². The van der Waals surface area contributed by atoms with E-state index >= 15 is 0 Å². The molecule has 20 heavy (non-hydrogen) atoms. The van der Waals surface area contributed by atoms with E-state index < -0.39 is 17.7 Å². The van der Waals surface area contributed by atoms with Crippen LogP contribution in [0.2, 0.25) is 0 Å². The first-order chi connectivity index (χ1) is 9.52. The Morgan fingerprint density at radius 1 is 1.05 bits per heavy atom. The molecule has 0 saturated carbocycles. The van der Waals surface area contributed by atoms with E-state index in [2.05, 4.69) is 21.2 Å². The van der Waals surface area contributed by atoms with Crippen molar-refractivity contribution in [3.63, 3.8) is 0 Å². The van der Waals surface area contributed by atoms with E-state index in [-0.39, 0.29) is 11.4 Å². The quantitative estimate of drug-likeness (QED) is 0.857. The van der Waals surface area contributed by atoms with Crippen LogP contribution in [0.4, 0.5) is 13.2 Å². The average Bonchev–Trinajstić information content (AvgIpc) is 2.37. The highest BCUT2D eigenvalue weighted by Crippen LogP contribution is 2.29. The van der Waals surface area contributed by atoms with Crippen LogP contribution in [-0.4, -0.2) is 6.54 Å². The highest BCUT2D eigenvalue weighted by Gasteiger charge is 2.22. The van der Waals surface area contributed by atoms with Gasteiger partial charge in [-0.05, 0) is 36.4 Å². The molecule has 0 aliphatic rings. The standard InChI is InChI=1S/C15H13BrF3N/c1-2-20-15(9-3-5-11(17)6-4-9)14-12(18)7-10(16)8-13(14)19/h3-8,15,20H,2H2,1H3. The largest absolute Gasteiger partial charge is 0.306 e. The minimum atomic E-state index is -0.659. The molecule has 106 valence electrons. The van der Waals surface area contributed by atoms with Crippen LogP contribution >= 0.6 is 15.9 Å². The molecule has 1 N–H and O–H groups in total. The van der Waals surface area contributed by atoms with E-state index in [1.807, 2.05) is 6.92 Å². The summed E-state index contributed by atoms with van der Waals surface area (Å²) in [6.45, 7) is 2.36. The summed E-state index contributed by atoms with van der Waals surface area (Å²) in [7, 11) is 0. The summed E-state index contributed by atoms with van der Waals surface area (Å²) in [6.07, 6.45) is 0. The maximum atomic E-state index is 14.1. The molecule has 0 bridgehead atoms. The number of hydrogen-bond acceptors (Lipinski definition) is 1. The topological polar surface area (TPSA) is 12.0 Å². The summed E-state index contributed by atoms with van der Waals surface area (Å²) in [6, 6.07) is 7.35. The molecule has 0 aromatic heterocycles. The normalized spacial score (nSPS) is 12.4. The summed E-state index contributed by atoms with van der Waals surface area (Å²) in [5.74, 6) is -1.68. The average molecular weight is 344 g/mol. The van der Waals surface area contributed by atoms with E-state index in [0.717, 1.165) is 0 Å². The third-order valence-electron chi connectivity index (χ3n) is 2.94. The molecule has 0 radical (unpaired) electrons. The van der Waals surface area contributed by atoms with Crippen molar-refractivity contribution in [3.8, 4) is 0 Å². The number of benzene rings is 2. The minimum Gasteiger partial charge on any atom is -0.306 e. The Morgan fingerprint density at radius 2 is 1.60 bits per heavy atom. The number of nitrogens with one attached hydrogen (secondary N) is 1. The lowest BCUT2D eigenvalue weighted by Gasteiger charge is -2.20. The van der Waals surface area contributed by atoms with Crippen LogP contribution in [0.5, 0.6) is 0 Å². The molecule has 1 atom stereocenters. The van der Waals surface area contributed by atoms with Crippen LogP contribution < -0.4 is 5.32 Å². The third kappa shape index (κ3) is 3.22. The highest BCUT2D eigenvalue weighted by molar-refractivity contribution is 9.10. The first-order valence-electron chi connectivity index (χ1n) is 6.16. The van der Waals surface area contributed by atoms with Gasteiger partial charge in [0.2, 0.25) is 0 Å². The van der Waals surface area contributed by atoms with E-state index in [1.165, 1.54) is 36.4 Å². The van der Waals surface area contributed by atoms with Crippen LogP contribution in [0, 0.1) is 17.5 Å². The van der Waals surface area contributed by atoms with Crippen LogP contribution in [0.25, 0.3) is 0 Å². The van der Waals surface area contributed by atoms with Crippen molar-refractivity contribution in [1.29, 1.82) is 0 Å². The summed E-state index contributed by atoms with van der Waals surface area (Å²) >= 11 is 3.05. The lowest BCUT2D eigenvalue weighted by molar-refractivity contribution is 0.509. The zero-order valence-electron chi connectivity index (χ0n) is 10.8. The second kappa shape index (κ2) is 6.41. The predicted molar refractivity (Wildman–Crippen MR) is 76.0 cm³/mol. The van der Waals surface area contributed by atoms with Gasteiger partial charge in [0, 0.05) is 10.0 Å². The Bertz CT molecular complexity index is 576. The van der Waals surface area contributed by atoms with Crippen LogP contribution in [0.15, 0.2) is 40.9 Å². The van der Waals surface area contributed by atoms with Gasteiger partial charge in [0.25, 0.3) is 0 Å². The van der Waals surface area contributed by atoms with Gasteiger partial charge in [-0.25, -0.2) is 13.2 Å². The van der Waals surface area contributed by atoms with Gasteiger partial charge in [-0.2, -0.15) is 0 Å². The van der Waals surface area contributed by atoms with E-state index in [0.29, 0.717) is 16.6 Å². The molecule has 0 aliphatic heterocycles. The van der Waals surface area contributed by atoms with E-state index in [4.69, 9.17) is 0 Å². The maximum absolute atomic E-state index is 14.1. The molecular formula is C15H13BrF3N. The zero-order chi connectivity index (χ0) is 14.7. The summed E-state index contributed by atoms with van der Waals surface area (Å²) < 4.78 is 41.4. The van der Waals surface area contributed by atoms with Crippen molar-refractivity contribution >= 4 is 15.9 Å². The molecule has 0 amide bonds. The van der Waals surface area contributed by atoms with Crippen molar-refractivity contribution < 1.29 is 13.2 Å². The van der Waals surface area contributed by atoms with Gasteiger partial charge in [-0.3, -0.25) is 0 Å². The fourth-order valence-electron chi connectivity index (χ4n) is 2.08. The zero-order valence-corrected chi connectivity index (χ0v) is 12.3. The molecule has 1 unspecified atom stereocenters. The Labute approximate surface area is 123 Å². The lowest BCUT2D eigenvalue weighted by atomic mass is 9.97. The first kappa shape index (κ1) is 15.1. The number of halogens is 4. The van der Waals surface area contributed by atoms with Crippen molar-refractivity contribution in [2.24, 2.45) is 0 Å². The first-order valence-corrected chi connectivity index (χ1v) is 6.95. The lowest BCUT2D eigenvalue weighted by Crippen LogP contribution is -2.24. The monoisotopic (exact) mass is 343 g/mol. The summed E-state index contributed by atoms with van der Waals surface area (Å²) in [4.78, 5) is 0. The Hall–Kier alpha value is -1.33. The van der Waals surface area contributed by atoms with Crippen molar-refractivity contribution in [2.45, 2.75) is 13.0 Å². The molecule has 0 aliphatic carbocycles. The van der Waals surface area contributed by atoms with Gasteiger partial charge in [0.1, 0.15) is 17.5 Å². The molecule has 2 aromatic carbocycles. The van der Waals surface area contributed by atoms with Gasteiger partial charge in [-0.15, -0.1) is 0 Å². The second-order valence-electron chi connectivity index (χ2n) is 4.33. The molecule has 0 spiro atoms. The molecule has 0 fully saturated rings. The van der Waals surface area contributed by atoms with Gasteiger partial charge < -0.3 is 5.32 Å². The number of hydrogen-bond donors (Lipinski definition) is 1. The molecule has 2 aromatic rings. The predicted octanol–water partition coefficient (Wildman–Crippen LogP) is 4.57. The third-order valence-corrected chi connectivity index (χ3v) is 3.40. The fourth-order valence-corrected chi connectivity index (χ4v) is 2.48. The fraction of sp³-hybridized carbons (Fsp3) is 0.200. The van der Waals surface area contributed by atoms with Gasteiger partial charge in [0.05, 0.1) is 6.04 Å². The second-order valence-corrected chi connectivity index (χ2v) is 5.24. The SMILES string of the molecule is CCNC(c1ccc(F)cc1)c1c(F)cc(Br)cc1F. The summed E-state index contributed by atoms with van der Waals surface area (Å²) in [5, 5.41) is 3.02. The van der Waals surface area contributed by atoms with Crippen molar-refractivity contribution in [3.05, 3.63) is 69.4 Å². The molecule has 5 heteroatoms. The smallest absolute Gasteiger partial charge is 0.132 e. The highest BCUT2D eigenvalue weighted by atomic mass is 79.9. The Morgan fingerprint density at radius 3 is 2.10 bits per heavy atom. The number of rotatable bonds is 4. The van der Waals surface area contributed by atoms with Gasteiger partial charge in [0.15, 0.2) is 0 Å². The molecular weight excluding hydrogens is 331 g/mol. The van der Waals surface area contributed by atoms with Gasteiger partial charge in [-0.1, -0.05) is 35.0 Å². The van der Waals surface area contributed by atoms with E-state index in [1.54, 1.807) is 0 Å². The Balaban J connectivity index is 2.51. The molecule has 2 rings (SSSR count). The van der Waals surface area contributed by atoms with Crippen LogP contribution in [0.3, 0.4) is 0 Å². The molecule has 0 saturated heterocycles. The maximum Gasteiger partial charge on any atom is 0.132 e. The molecule has 0 heterocycles. The summed E-state index contributed by atoms with van der Waals surface area (Å²) in [5.41, 5.74) is 0.537. The van der Waals surface area contributed by atoms with Crippen molar-refractivity contribution in [1.82, 2.24) is 5.32 Å².